The van der Waals surface area contributed by atoms with Crippen LogP contribution in [0, 0.1) is 10.1 Å². The number of anilines is 1. The topological polar surface area (TPSA) is 145 Å². The Bertz CT molecular complexity index is 818. The third kappa shape index (κ3) is 4.11. The number of nitro benzene ring substituents is 1. The molecule has 11 heteroatoms. The molecule has 0 unspecified atom stereocenters. The summed E-state index contributed by atoms with van der Waals surface area (Å²) in [6.45, 7) is 5.22. The lowest BCUT2D eigenvalue weighted by Crippen LogP contribution is -2.43. The third-order valence-electron chi connectivity index (χ3n) is 3.81. The van der Waals surface area contributed by atoms with Crippen molar-refractivity contribution < 1.29 is 22.9 Å². The molecule has 0 aliphatic carbocycles. The van der Waals surface area contributed by atoms with E-state index in [-0.39, 0.29) is 17.1 Å². The van der Waals surface area contributed by atoms with Crippen LogP contribution in [0.25, 0.3) is 0 Å². The van der Waals surface area contributed by atoms with E-state index in [4.69, 9.17) is 10.6 Å². The van der Waals surface area contributed by atoms with Crippen LogP contribution < -0.4 is 11.3 Å². The molecule has 1 fully saturated rings. The maximum atomic E-state index is 12.9. The van der Waals surface area contributed by atoms with E-state index in [9.17, 15) is 23.3 Å². The van der Waals surface area contributed by atoms with Gasteiger partial charge in [-0.2, -0.15) is 4.31 Å². The number of esters is 1. The van der Waals surface area contributed by atoms with Crippen LogP contribution in [0.4, 0.5) is 11.4 Å². The highest BCUT2D eigenvalue weighted by molar-refractivity contribution is 7.89. The SMILES string of the molecule is CC(C)(C)OC(=O)[C@@H]1CCCN1S(=O)(=O)c1ccc(NN)c([N+](=O)[O-])c1. The number of nitrogens with zero attached hydrogens (tertiary/aromatic N) is 2. The van der Waals surface area contributed by atoms with Crippen molar-refractivity contribution in [2.45, 2.75) is 50.2 Å². The summed E-state index contributed by atoms with van der Waals surface area (Å²) in [5.41, 5.74) is 0.920. The lowest BCUT2D eigenvalue weighted by atomic mass is 10.2. The molecule has 26 heavy (non-hydrogen) atoms. The van der Waals surface area contributed by atoms with Gasteiger partial charge in [-0.3, -0.25) is 20.8 Å². The summed E-state index contributed by atoms with van der Waals surface area (Å²) in [6.07, 6.45) is 0.826. The van der Waals surface area contributed by atoms with Crippen LogP contribution in [-0.2, 0) is 19.6 Å². The fraction of sp³-hybridized carbons (Fsp3) is 0.533. The number of nitrogen functional groups attached to an aromatic ring is 1. The Balaban J connectivity index is 2.38. The molecule has 1 aliphatic rings. The molecule has 1 heterocycles. The first-order valence-corrected chi connectivity index (χ1v) is 9.41. The van der Waals surface area contributed by atoms with E-state index in [0.717, 1.165) is 10.4 Å². The predicted molar refractivity (Wildman–Crippen MR) is 93.7 cm³/mol. The summed E-state index contributed by atoms with van der Waals surface area (Å²) in [4.78, 5) is 22.5. The van der Waals surface area contributed by atoms with Gasteiger partial charge in [-0.25, -0.2) is 8.42 Å². The number of carbonyl (C=O) groups excluding carboxylic acids is 1. The summed E-state index contributed by atoms with van der Waals surface area (Å²) < 4.78 is 32.2. The zero-order valence-corrected chi connectivity index (χ0v) is 15.6. The van der Waals surface area contributed by atoms with Crippen LogP contribution in [0.15, 0.2) is 23.1 Å². The summed E-state index contributed by atoms with van der Waals surface area (Å²) >= 11 is 0. The van der Waals surface area contributed by atoms with Crippen LogP contribution in [0.3, 0.4) is 0 Å². The van der Waals surface area contributed by atoms with Gasteiger partial charge in [0.1, 0.15) is 17.3 Å². The fourth-order valence-corrected chi connectivity index (χ4v) is 4.38. The molecule has 2 rings (SSSR count). The molecule has 0 saturated carbocycles. The van der Waals surface area contributed by atoms with Gasteiger partial charge in [0.2, 0.25) is 10.0 Å². The Kier molecular flexibility index (Phi) is 5.54. The Morgan fingerprint density at radius 1 is 1.42 bits per heavy atom. The minimum Gasteiger partial charge on any atom is -0.459 e. The molecular formula is C15H22N4O6S. The van der Waals surface area contributed by atoms with Gasteiger partial charge in [0, 0.05) is 12.6 Å². The quantitative estimate of drug-likeness (QED) is 0.334. The van der Waals surface area contributed by atoms with E-state index in [1.807, 2.05) is 0 Å². The van der Waals surface area contributed by atoms with E-state index in [1.165, 1.54) is 12.1 Å². The van der Waals surface area contributed by atoms with Crippen molar-refractivity contribution in [1.82, 2.24) is 4.31 Å². The lowest BCUT2D eigenvalue weighted by Gasteiger charge is -2.27. The van der Waals surface area contributed by atoms with E-state index in [0.29, 0.717) is 12.8 Å². The lowest BCUT2D eigenvalue weighted by molar-refractivity contribution is -0.384. The monoisotopic (exact) mass is 386 g/mol. The fourth-order valence-electron chi connectivity index (χ4n) is 2.71. The number of carbonyl (C=O) groups is 1. The van der Waals surface area contributed by atoms with Crippen LogP contribution >= 0.6 is 0 Å². The number of nitro groups is 1. The van der Waals surface area contributed by atoms with Gasteiger partial charge in [-0.1, -0.05) is 0 Å². The number of hydrogen-bond acceptors (Lipinski definition) is 8. The Morgan fingerprint density at radius 2 is 2.08 bits per heavy atom. The van der Waals surface area contributed by atoms with Gasteiger partial charge in [0.15, 0.2) is 0 Å². The molecule has 1 saturated heterocycles. The molecule has 3 N–H and O–H groups in total. The highest BCUT2D eigenvalue weighted by atomic mass is 32.2. The molecule has 0 spiro atoms. The van der Waals surface area contributed by atoms with Crippen molar-refractivity contribution in [2.24, 2.45) is 5.84 Å². The van der Waals surface area contributed by atoms with Crippen molar-refractivity contribution in [1.29, 1.82) is 0 Å². The number of rotatable bonds is 5. The summed E-state index contributed by atoms with van der Waals surface area (Å²) in [7, 11) is -4.11. The van der Waals surface area contributed by atoms with Gasteiger partial charge in [0.05, 0.1) is 9.82 Å². The zero-order chi connectivity index (χ0) is 19.7. The molecule has 0 radical (unpaired) electrons. The number of hydrazine groups is 1. The maximum Gasteiger partial charge on any atom is 0.324 e. The molecule has 0 amide bonds. The third-order valence-corrected chi connectivity index (χ3v) is 5.71. The second-order valence-electron chi connectivity index (χ2n) is 6.89. The minimum atomic E-state index is -4.11. The maximum absolute atomic E-state index is 12.9. The average molecular weight is 386 g/mol. The van der Waals surface area contributed by atoms with Crippen molar-refractivity contribution >= 4 is 27.4 Å². The van der Waals surface area contributed by atoms with Gasteiger partial charge < -0.3 is 10.2 Å². The normalized spacial score (nSPS) is 18.5. The molecule has 1 aromatic carbocycles. The first-order valence-electron chi connectivity index (χ1n) is 7.97. The zero-order valence-electron chi connectivity index (χ0n) is 14.8. The van der Waals surface area contributed by atoms with Crippen LogP contribution in [0.1, 0.15) is 33.6 Å². The van der Waals surface area contributed by atoms with Crippen LogP contribution in [0.5, 0.6) is 0 Å². The number of benzene rings is 1. The number of nitrogens with one attached hydrogen (secondary N) is 1. The van der Waals surface area contributed by atoms with Gasteiger partial charge in [-0.15, -0.1) is 0 Å². The Hall–Kier alpha value is -2.24. The van der Waals surface area contributed by atoms with Crippen molar-refractivity contribution in [2.75, 3.05) is 12.0 Å². The molecule has 1 atom stereocenters. The summed E-state index contributed by atoms with van der Waals surface area (Å²) in [5, 5.41) is 11.1. The largest absolute Gasteiger partial charge is 0.459 e. The molecule has 0 aromatic heterocycles. The average Bonchev–Trinajstić information content (AvgIpc) is 3.03. The smallest absolute Gasteiger partial charge is 0.324 e. The number of nitrogens with two attached hydrogens (primary N) is 1. The number of ether oxygens (including phenoxy) is 1. The van der Waals surface area contributed by atoms with Gasteiger partial charge in [0.25, 0.3) is 5.69 Å². The first-order chi connectivity index (χ1) is 12.0. The molecule has 10 nitrogen and oxygen atoms in total. The van der Waals surface area contributed by atoms with Gasteiger partial charge in [-0.05, 0) is 45.7 Å². The van der Waals surface area contributed by atoms with E-state index in [2.05, 4.69) is 5.43 Å². The standard InChI is InChI=1S/C15H22N4O6S/c1-15(2,3)25-14(20)12-5-4-8-18(12)26(23,24)10-6-7-11(17-16)13(9-10)19(21)22/h6-7,9,12,17H,4-5,8,16H2,1-3H3/t12-/m0/s1. The molecule has 0 bridgehead atoms. The van der Waals surface area contributed by atoms with Crippen molar-refractivity contribution in [3.8, 4) is 0 Å². The van der Waals surface area contributed by atoms with Crippen LogP contribution in [-0.4, -0.2) is 41.8 Å². The van der Waals surface area contributed by atoms with E-state index >= 15 is 0 Å². The summed E-state index contributed by atoms with van der Waals surface area (Å²) in [6, 6.07) is 2.39. The van der Waals surface area contributed by atoms with Crippen LogP contribution in [0.2, 0.25) is 0 Å². The Morgan fingerprint density at radius 3 is 2.62 bits per heavy atom. The number of sulfonamides is 1. The number of hydrogen-bond donors (Lipinski definition) is 2. The Labute approximate surface area is 151 Å². The second kappa shape index (κ2) is 7.17. The molecule has 144 valence electrons. The van der Waals surface area contributed by atoms with E-state index in [1.54, 1.807) is 20.8 Å². The predicted octanol–water partition coefficient (Wildman–Crippen LogP) is 1.38. The molecule has 1 aromatic rings. The minimum absolute atomic E-state index is 0.0148. The van der Waals surface area contributed by atoms with E-state index < -0.39 is 38.2 Å². The second-order valence-corrected chi connectivity index (χ2v) is 8.78. The summed E-state index contributed by atoms with van der Waals surface area (Å²) in [5.74, 6) is 4.58. The highest BCUT2D eigenvalue weighted by Crippen LogP contribution is 2.32. The first kappa shape index (κ1) is 20.1. The molecule has 1 aliphatic heterocycles. The molecular weight excluding hydrogens is 364 g/mol. The van der Waals surface area contributed by atoms with Crippen molar-refractivity contribution in [3.05, 3.63) is 28.3 Å². The van der Waals surface area contributed by atoms with Gasteiger partial charge >= 0.3 is 5.97 Å². The highest BCUT2D eigenvalue weighted by Gasteiger charge is 2.42. The van der Waals surface area contributed by atoms with Crippen molar-refractivity contribution in [3.63, 3.8) is 0 Å².